The first kappa shape index (κ1) is 8.83. The second kappa shape index (κ2) is 3.55. The average molecular weight is 190 g/mol. The van der Waals surface area contributed by atoms with Crippen LogP contribution in [0.3, 0.4) is 0 Å². The number of pyridine rings is 1. The summed E-state index contributed by atoms with van der Waals surface area (Å²) >= 11 is 0. The fourth-order valence-electron chi connectivity index (χ4n) is 1.21. The second-order valence-corrected chi connectivity index (χ2v) is 2.96. The fraction of sp³-hybridized carbons (Fsp3) is 0.222. The van der Waals surface area contributed by atoms with Crippen LogP contribution in [-0.4, -0.2) is 25.1 Å². The van der Waals surface area contributed by atoms with Crippen molar-refractivity contribution in [3.8, 4) is 5.69 Å². The fourth-order valence-corrected chi connectivity index (χ4v) is 1.21. The summed E-state index contributed by atoms with van der Waals surface area (Å²) in [5, 5.41) is 17.1. The van der Waals surface area contributed by atoms with Crippen LogP contribution in [0.15, 0.2) is 30.7 Å². The molecule has 1 N–H and O–H groups in total. The van der Waals surface area contributed by atoms with Gasteiger partial charge in [0.1, 0.15) is 0 Å². The molecule has 0 aliphatic rings. The highest BCUT2D eigenvalue weighted by Crippen LogP contribution is 2.13. The summed E-state index contributed by atoms with van der Waals surface area (Å²) in [7, 11) is 0. The van der Waals surface area contributed by atoms with Gasteiger partial charge < -0.3 is 5.11 Å². The van der Waals surface area contributed by atoms with Crippen LogP contribution in [0.4, 0.5) is 0 Å². The third-order valence-corrected chi connectivity index (χ3v) is 1.89. The molecule has 0 saturated heterocycles. The molecule has 5 nitrogen and oxygen atoms in total. The van der Waals surface area contributed by atoms with Crippen LogP contribution in [0, 0.1) is 0 Å². The van der Waals surface area contributed by atoms with Crippen molar-refractivity contribution in [1.29, 1.82) is 0 Å². The lowest BCUT2D eigenvalue weighted by molar-refractivity contribution is 0.191. The number of nitrogens with zero attached hydrogens (tertiary/aromatic N) is 4. The van der Waals surface area contributed by atoms with Crippen LogP contribution in [0.25, 0.3) is 5.69 Å². The number of hydrogen-bond acceptors (Lipinski definition) is 4. The SMILES string of the molecule is C[C@H](O)c1cnnn1-c1cccnc1. The van der Waals surface area contributed by atoms with Crippen molar-refractivity contribution in [2.45, 2.75) is 13.0 Å². The summed E-state index contributed by atoms with van der Waals surface area (Å²) in [6, 6.07) is 3.66. The van der Waals surface area contributed by atoms with Crippen molar-refractivity contribution >= 4 is 0 Å². The standard InChI is InChI=1S/C9H10N4O/c1-7(14)9-6-11-12-13(9)8-3-2-4-10-5-8/h2-7,14H,1H3/t7-/m0/s1. The van der Waals surface area contributed by atoms with Gasteiger partial charge in [0.05, 0.1) is 29.9 Å². The Morgan fingerprint density at radius 1 is 1.43 bits per heavy atom. The molecule has 0 aliphatic carbocycles. The number of rotatable bonds is 2. The highest BCUT2D eigenvalue weighted by molar-refractivity contribution is 5.28. The van der Waals surface area contributed by atoms with E-state index in [2.05, 4.69) is 15.3 Å². The van der Waals surface area contributed by atoms with E-state index in [-0.39, 0.29) is 0 Å². The summed E-state index contributed by atoms with van der Waals surface area (Å²) in [5.41, 5.74) is 1.44. The second-order valence-electron chi connectivity index (χ2n) is 2.96. The van der Waals surface area contributed by atoms with Crippen LogP contribution in [0.5, 0.6) is 0 Å². The first-order valence-electron chi connectivity index (χ1n) is 4.28. The first-order valence-corrected chi connectivity index (χ1v) is 4.28. The van der Waals surface area contributed by atoms with Gasteiger partial charge in [-0.1, -0.05) is 5.21 Å². The van der Waals surface area contributed by atoms with Crippen molar-refractivity contribution in [2.75, 3.05) is 0 Å². The summed E-state index contributed by atoms with van der Waals surface area (Å²) in [6.45, 7) is 1.67. The van der Waals surface area contributed by atoms with Crippen molar-refractivity contribution in [1.82, 2.24) is 20.0 Å². The number of hydrogen-bond donors (Lipinski definition) is 1. The van der Waals surface area contributed by atoms with E-state index in [0.29, 0.717) is 5.69 Å². The Labute approximate surface area is 81.0 Å². The van der Waals surface area contributed by atoms with Gasteiger partial charge in [-0.25, -0.2) is 4.68 Å². The topological polar surface area (TPSA) is 63.8 Å². The maximum Gasteiger partial charge on any atom is 0.0949 e. The third kappa shape index (κ3) is 1.49. The Balaban J connectivity index is 2.47. The molecule has 2 aromatic rings. The van der Waals surface area contributed by atoms with Crippen molar-refractivity contribution in [3.63, 3.8) is 0 Å². The largest absolute Gasteiger partial charge is 0.387 e. The monoisotopic (exact) mass is 190 g/mol. The molecular weight excluding hydrogens is 180 g/mol. The first-order chi connectivity index (χ1) is 6.79. The molecule has 0 fully saturated rings. The highest BCUT2D eigenvalue weighted by Gasteiger charge is 2.10. The molecule has 0 aromatic carbocycles. The molecule has 0 bridgehead atoms. The summed E-state index contributed by atoms with van der Waals surface area (Å²) in [5.74, 6) is 0. The Morgan fingerprint density at radius 3 is 2.93 bits per heavy atom. The molecule has 5 heteroatoms. The van der Waals surface area contributed by atoms with Gasteiger partial charge in [-0.15, -0.1) is 5.10 Å². The molecule has 0 aliphatic heterocycles. The quantitative estimate of drug-likeness (QED) is 0.757. The van der Waals surface area contributed by atoms with Gasteiger partial charge in [-0.2, -0.15) is 0 Å². The number of aromatic nitrogens is 4. The van der Waals surface area contributed by atoms with E-state index < -0.39 is 6.10 Å². The smallest absolute Gasteiger partial charge is 0.0949 e. The molecule has 2 heterocycles. The van der Waals surface area contributed by atoms with Gasteiger partial charge >= 0.3 is 0 Å². The van der Waals surface area contributed by atoms with Crippen molar-refractivity contribution < 1.29 is 5.11 Å². The van der Waals surface area contributed by atoms with Gasteiger partial charge in [0, 0.05) is 6.20 Å². The number of aliphatic hydroxyl groups is 1. The van der Waals surface area contributed by atoms with E-state index in [0.717, 1.165) is 5.69 Å². The molecule has 2 aromatic heterocycles. The molecule has 2 rings (SSSR count). The summed E-state index contributed by atoms with van der Waals surface area (Å²) in [6.07, 6.45) is 4.30. The third-order valence-electron chi connectivity index (χ3n) is 1.89. The van der Waals surface area contributed by atoms with Gasteiger partial charge in [0.15, 0.2) is 0 Å². The minimum atomic E-state index is -0.592. The molecule has 0 saturated carbocycles. The van der Waals surface area contributed by atoms with Crippen LogP contribution in [-0.2, 0) is 0 Å². The zero-order valence-electron chi connectivity index (χ0n) is 7.70. The molecule has 72 valence electrons. The predicted molar refractivity (Wildman–Crippen MR) is 49.8 cm³/mol. The molecular formula is C9H10N4O. The Kier molecular flexibility index (Phi) is 2.24. The molecule has 0 amide bonds. The average Bonchev–Trinajstić information content (AvgIpc) is 2.67. The van der Waals surface area contributed by atoms with Gasteiger partial charge in [0.2, 0.25) is 0 Å². The normalized spacial score (nSPS) is 12.7. The van der Waals surface area contributed by atoms with Crippen LogP contribution < -0.4 is 0 Å². The van der Waals surface area contributed by atoms with Gasteiger partial charge in [-0.3, -0.25) is 4.98 Å². The van der Waals surface area contributed by atoms with E-state index in [1.54, 1.807) is 24.0 Å². The van der Waals surface area contributed by atoms with Crippen LogP contribution >= 0.6 is 0 Å². The number of aliphatic hydroxyl groups excluding tert-OH is 1. The Hall–Kier alpha value is -1.75. The lowest BCUT2D eigenvalue weighted by atomic mass is 10.3. The molecule has 0 unspecified atom stereocenters. The van der Waals surface area contributed by atoms with E-state index in [9.17, 15) is 5.11 Å². The Morgan fingerprint density at radius 2 is 2.29 bits per heavy atom. The van der Waals surface area contributed by atoms with E-state index >= 15 is 0 Å². The minimum Gasteiger partial charge on any atom is -0.387 e. The predicted octanol–water partition coefficient (Wildman–Crippen LogP) is 0.716. The van der Waals surface area contributed by atoms with Crippen LogP contribution in [0.2, 0.25) is 0 Å². The van der Waals surface area contributed by atoms with E-state index in [4.69, 9.17) is 0 Å². The van der Waals surface area contributed by atoms with Crippen molar-refractivity contribution in [3.05, 3.63) is 36.4 Å². The van der Waals surface area contributed by atoms with Crippen molar-refractivity contribution in [2.24, 2.45) is 0 Å². The van der Waals surface area contributed by atoms with E-state index in [1.807, 2.05) is 12.1 Å². The highest BCUT2D eigenvalue weighted by atomic mass is 16.3. The van der Waals surface area contributed by atoms with Gasteiger partial charge in [0.25, 0.3) is 0 Å². The Bertz CT molecular complexity index is 410. The van der Waals surface area contributed by atoms with Crippen LogP contribution in [0.1, 0.15) is 18.7 Å². The molecule has 1 atom stereocenters. The lowest BCUT2D eigenvalue weighted by Crippen LogP contribution is -2.05. The minimum absolute atomic E-state index is 0.592. The summed E-state index contributed by atoms with van der Waals surface area (Å²) < 4.78 is 1.57. The zero-order valence-corrected chi connectivity index (χ0v) is 7.70. The van der Waals surface area contributed by atoms with E-state index in [1.165, 1.54) is 6.20 Å². The molecule has 14 heavy (non-hydrogen) atoms. The maximum atomic E-state index is 9.43. The molecule has 0 radical (unpaired) electrons. The zero-order chi connectivity index (χ0) is 9.97. The summed E-state index contributed by atoms with van der Waals surface area (Å²) in [4.78, 5) is 3.97. The maximum absolute atomic E-state index is 9.43. The lowest BCUT2D eigenvalue weighted by Gasteiger charge is -2.06. The van der Waals surface area contributed by atoms with Gasteiger partial charge in [-0.05, 0) is 19.1 Å². The molecule has 0 spiro atoms.